The van der Waals surface area contributed by atoms with E-state index in [1.165, 1.54) is 11.1 Å². The Morgan fingerprint density at radius 3 is 2.37 bits per heavy atom. The zero-order chi connectivity index (χ0) is 20.2. The lowest BCUT2D eigenvalue weighted by atomic mass is 10.0. The van der Waals surface area contributed by atoms with Crippen molar-refractivity contribution in [2.45, 2.75) is 13.8 Å². The number of aromatic amines is 1. The fourth-order valence-electron chi connectivity index (χ4n) is 5.15. The van der Waals surface area contributed by atoms with Crippen LogP contribution in [0.2, 0.25) is 0 Å². The van der Waals surface area contributed by atoms with Crippen LogP contribution in [0.4, 0.5) is 11.6 Å². The number of anilines is 2. The average molecular weight is 400 g/mol. The van der Waals surface area contributed by atoms with Crippen molar-refractivity contribution in [3.63, 3.8) is 0 Å². The molecule has 1 aromatic carbocycles. The Morgan fingerprint density at radius 2 is 1.67 bits per heavy atom. The summed E-state index contributed by atoms with van der Waals surface area (Å²) in [6.07, 6.45) is 3.33. The maximum Gasteiger partial charge on any atom is 0.245 e. The predicted molar refractivity (Wildman–Crippen MR) is 117 cm³/mol. The number of nitrogens with one attached hydrogen (secondary N) is 1. The van der Waals surface area contributed by atoms with Crippen molar-refractivity contribution >= 4 is 22.5 Å². The highest BCUT2D eigenvalue weighted by molar-refractivity contribution is 6.00. The molecule has 2 saturated heterocycles. The molecule has 1 N–H and O–H groups in total. The summed E-state index contributed by atoms with van der Waals surface area (Å²) in [6, 6.07) is 10.5. The Balaban J connectivity index is 1.30. The predicted octanol–water partition coefficient (Wildman–Crippen LogP) is 3.80. The van der Waals surface area contributed by atoms with Gasteiger partial charge in [0.15, 0.2) is 0 Å². The number of fused-ring (bicyclic) bond motifs is 2. The highest BCUT2D eigenvalue weighted by Crippen LogP contribution is 2.42. The van der Waals surface area contributed by atoms with E-state index in [0.717, 1.165) is 54.7 Å². The van der Waals surface area contributed by atoms with Gasteiger partial charge in [0.1, 0.15) is 12.0 Å². The van der Waals surface area contributed by atoms with E-state index in [0.29, 0.717) is 17.7 Å². The van der Waals surface area contributed by atoms with Gasteiger partial charge in [-0.05, 0) is 26.0 Å². The molecule has 0 amide bonds. The van der Waals surface area contributed by atoms with Crippen molar-refractivity contribution in [3.05, 3.63) is 54.2 Å². The van der Waals surface area contributed by atoms with Crippen molar-refractivity contribution < 1.29 is 4.42 Å². The number of hydrogen-bond donors (Lipinski definition) is 1. The molecular weight excluding hydrogens is 376 g/mol. The number of benzene rings is 1. The first kappa shape index (κ1) is 17.5. The van der Waals surface area contributed by atoms with Crippen LogP contribution in [-0.2, 0) is 0 Å². The molecular formula is C23H24N6O. The van der Waals surface area contributed by atoms with E-state index in [9.17, 15) is 0 Å². The van der Waals surface area contributed by atoms with E-state index in [4.69, 9.17) is 4.42 Å². The van der Waals surface area contributed by atoms with Crippen LogP contribution >= 0.6 is 0 Å². The smallest absolute Gasteiger partial charge is 0.245 e. The Hall–Kier alpha value is -3.35. The van der Waals surface area contributed by atoms with Crippen LogP contribution in [0.25, 0.3) is 22.5 Å². The Kier molecular flexibility index (Phi) is 3.84. The van der Waals surface area contributed by atoms with Crippen LogP contribution in [0, 0.1) is 25.7 Å². The van der Waals surface area contributed by atoms with Gasteiger partial charge in [0.25, 0.3) is 0 Å². The van der Waals surface area contributed by atoms with E-state index >= 15 is 0 Å². The average Bonchev–Trinajstić information content (AvgIpc) is 3.47. The number of oxazole rings is 1. The molecule has 30 heavy (non-hydrogen) atoms. The van der Waals surface area contributed by atoms with Crippen LogP contribution in [0.1, 0.15) is 11.4 Å². The molecule has 2 atom stereocenters. The molecule has 0 radical (unpaired) electrons. The lowest BCUT2D eigenvalue weighted by Crippen LogP contribution is -2.30. The van der Waals surface area contributed by atoms with Crippen LogP contribution in [0.3, 0.4) is 0 Å². The Morgan fingerprint density at radius 1 is 0.967 bits per heavy atom. The Labute approximate surface area is 174 Å². The summed E-state index contributed by atoms with van der Waals surface area (Å²) in [4.78, 5) is 22.2. The van der Waals surface area contributed by atoms with Crippen molar-refractivity contribution in [3.8, 4) is 11.6 Å². The lowest BCUT2D eigenvalue weighted by molar-refractivity contribution is 0.533. The zero-order valence-electron chi connectivity index (χ0n) is 17.2. The summed E-state index contributed by atoms with van der Waals surface area (Å²) >= 11 is 0. The maximum atomic E-state index is 5.65. The number of rotatable bonds is 3. The monoisotopic (exact) mass is 400 g/mol. The summed E-state index contributed by atoms with van der Waals surface area (Å²) in [5.74, 6) is 2.71. The molecule has 0 unspecified atom stereocenters. The minimum atomic E-state index is 0.598. The second-order valence-electron chi connectivity index (χ2n) is 8.51. The molecule has 0 spiro atoms. The van der Waals surface area contributed by atoms with Gasteiger partial charge in [-0.15, -0.1) is 0 Å². The molecule has 2 aliphatic rings. The standard InChI is InChI=1S/C23H24N6O/c1-14-9-15(2)26-23(25-14)29-12-16-10-28(11-17(16)13-29)21-18-5-3-4-6-19(18)27-20(21)22-24-7-8-30-22/h3-9,16-17,27H,10-13H2,1-2H3/t16-,17+. The Bertz CT molecular complexity index is 1180. The molecule has 5 heterocycles. The molecule has 7 nitrogen and oxygen atoms in total. The summed E-state index contributed by atoms with van der Waals surface area (Å²) in [5.41, 5.74) is 5.35. The van der Waals surface area contributed by atoms with Crippen LogP contribution in [0.5, 0.6) is 0 Å². The number of aromatic nitrogens is 4. The third-order valence-electron chi connectivity index (χ3n) is 6.38. The minimum Gasteiger partial charge on any atom is -0.443 e. The fraction of sp³-hybridized carbons (Fsp3) is 0.348. The zero-order valence-corrected chi connectivity index (χ0v) is 17.2. The molecule has 6 rings (SSSR count). The van der Waals surface area contributed by atoms with Gasteiger partial charge in [0.2, 0.25) is 11.8 Å². The van der Waals surface area contributed by atoms with E-state index < -0.39 is 0 Å². The normalized spacial score (nSPS) is 21.0. The first-order chi connectivity index (χ1) is 14.7. The topological polar surface area (TPSA) is 74.1 Å². The quantitative estimate of drug-likeness (QED) is 0.564. The van der Waals surface area contributed by atoms with E-state index in [-0.39, 0.29) is 0 Å². The van der Waals surface area contributed by atoms with Crippen LogP contribution in [-0.4, -0.2) is 46.1 Å². The second kappa shape index (κ2) is 6.58. The number of aryl methyl sites for hydroxylation is 2. The third kappa shape index (κ3) is 2.76. The molecule has 7 heteroatoms. The third-order valence-corrected chi connectivity index (χ3v) is 6.38. The number of hydrogen-bond acceptors (Lipinski definition) is 6. The van der Waals surface area contributed by atoms with Gasteiger partial charge in [0, 0.05) is 60.3 Å². The van der Waals surface area contributed by atoms with Gasteiger partial charge in [-0.1, -0.05) is 18.2 Å². The van der Waals surface area contributed by atoms with E-state index in [1.807, 2.05) is 19.9 Å². The molecule has 0 saturated carbocycles. The summed E-state index contributed by atoms with van der Waals surface area (Å²) in [7, 11) is 0. The van der Waals surface area contributed by atoms with Gasteiger partial charge >= 0.3 is 0 Å². The number of nitrogens with zero attached hydrogens (tertiary/aromatic N) is 5. The molecule has 3 aromatic heterocycles. The van der Waals surface area contributed by atoms with Gasteiger partial charge in [-0.2, -0.15) is 0 Å². The summed E-state index contributed by atoms with van der Waals surface area (Å²) < 4.78 is 5.65. The summed E-state index contributed by atoms with van der Waals surface area (Å²) in [5, 5.41) is 1.22. The largest absolute Gasteiger partial charge is 0.443 e. The first-order valence-corrected chi connectivity index (χ1v) is 10.5. The number of para-hydroxylation sites is 1. The molecule has 2 fully saturated rings. The fourth-order valence-corrected chi connectivity index (χ4v) is 5.15. The van der Waals surface area contributed by atoms with Crippen molar-refractivity contribution in [1.82, 2.24) is 19.9 Å². The van der Waals surface area contributed by atoms with Gasteiger partial charge in [0.05, 0.1) is 11.9 Å². The highest BCUT2D eigenvalue weighted by Gasteiger charge is 2.42. The minimum absolute atomic E-state index is 0.598. The molecule has 152 valence electrons. The molecule has 4 aromatic rings. The van der Waals surface area contributed by atoms with E-state index in [1.54, 1.807) is 12.5 Å². The molecule has 0 bridgehead atoms. The second-order valence-corrected chi connectivity index (χ2v) is 8.51. The SMILES string of the molecule is Cc1cc(C)nc(N2C[C@@H]3CN(c4c(-c5ncco5)[nH]c5ccccc45)C[C@@H]3C2)n1. The molecule has 0 aliphatic carbocycles. The van der Waals surface area contributed by atoms with Crippen molar-refractivity contribution in [2.24, 2.45) is 11.8 Å². The van der Waals surface area contributed by atoms with Gasteiger partial charge < -0.3 is 19.2 Å². The van der Waals surface area contributed by atoms with Gasteiger partial charge in [-0.3, -0.25) is 0 Å². The maximum absolute atomic E-state index is 5.65. The van der Waals surface area contributed by atoms with Crippen LogP contribution in [0.15, 0.2) is 47.2 Å². The van der Waals surface area contributed by atoms with E-state index in [2.05, 4.69) is 54.0 Å². The van der Waals surface area contributed by atoms with Crippen molar-refractivity contribution in [2.75, 3.05) is 36.0 Å². The van der Waals surface area contributed by atoms with Crippen LogP contribution < -0.4 is 9.80 Å². The highest BCUT2D eigenvalue weighted by atomic mass is 16.3. The lowest BCUT2D eigenvalue weighted by Gasteiger charge is -2.24. The number of H-pyrrole nitrogens is 1. The van der Waals surface area contributed by atoms with Gasteiger partial charge in [-0.25, -0.2) is 15.0 Å². The van der Waals surface area contributed by atoms with Crippen molar-refractivity contribution in [1.29, 1.82) is 0 Å². The first-order valence-electron chi connectivity index (χ1n) is 10.5. The molecule has 2 aliphatic heterocycles. The summed E-state index contributed by atoms with van der Waals surface area (Å²) in [6.45, 7) is 8.11.